The fourth-order valence-electron chi connectivity index (χ4n) is 5.24. The van der Waals surface area contributed by atoms with E-state index in [-0.39, 0.29) is 42.2 Å². The van der Waals surface area contributed by atoms with Gasteiger partial charge in [0, 0.05) is 19.7 Å². The molecule has 1 fully saturated rings. The van der Waals surface area contributed by atoms with E-state index in [0.29, 0.717) is 18.8 Å². The highest BCUT2D eigenvalue weighted by Crippen LogP contribution is 2.42. The molecule has 1 aromatic rings. The fraction of sp³-hybridized carbons (Fsp3) is 0.560. The first-order valence-electron chi connectivity index (χ1n) is 12.2. The van der Waals surface area contributed by atoms with E-state index in [1.54, 1.807) is 20.8 Å². The normalized spacial score (nSPS) is 23.3. The van der Waals surface area contributed by atoms with E-state index in [1.807, 2.05) is 0 Å². The monoisotopic (exact) mass is 508 g/mol. The molecule has 8 nitrogen and oxygen atoms in total. The van der Waals surface area contributed by atoms with Crippen molar-refractivity contribution in [3.8, 4) is 0 Å². The van der Waals surface area contributed by atoms with E-state index < -0.39 is 35.8 Å². The van der Waals surface area contributed by atoms with Crippen LogP contribution in [0.1, 0.15) is 50.8 Å². The summed E-state index contributed by atoms with van der Waals surface area (Å²) in [5.74, 6) is -1.20. The third kappa shape index (κ3) is 4.80. The van der Waals surface area contributed by atoms with E-state index in [4.69, 9.17) is 4.74 Å². The van der Waals surface area contributed by atoms with Crippen molar-refractivity contribution in [3.63, 3.8) is 0 Å². The Labute approximate surface area is 207 Å². The summed E-state index contributed by atoms with van der Waals surface area (Å²) in [6.07, 6.45) is -2.99. The molecule has 1 saturated heterocycles. The molecule has 0 aliphatic carbocycles. The molecule has 196 valence electrons. The number of hydrogen-bond donors (Lipinski definition) is 2. The maximum absolute atomic E-state index is 13.8. The molecule has 3 heterocycles. The van der Waals surface area contributed by atoms with Crippen LogP contribution in [0.15, 0.2) is 35.5 Å². The van der Waals surface area contributed by atoms with Crippen LogP contribution < -0.4 is 10.6 Å². The van der Waals surface area contributed by atoms with Gasteiger partial charge in [0.05, 0.1) is 35.5 Å². The molecule has 3 aliphatic rings. The predicted octanol–water partition coefficient (Wildman–Crippen LogP) is 3.21. The van der Waals surface area contributed by atoms with Gasteiger partial charge in [-0.15, -0.1) is 0 Å². The molecule has 2 N–H and O–H groups in total. The van der Waals surface area contributed by atoms with Crippen molar-refractivity contribution in [2.75, 3.05) is 26.2 Å². The summed E-state index contributed by atoms with van der Waals surface area (Å²) in [5, 5.41) is 5.46. The SMILES string of the molecule is CCN1C(=O)N[C@H](c2ccccc2C(F)(F)F)C2=C1CN([C@H](C(=O)NC[C@@H]1CCCO1)C(C)C)C2=O. The van der Waals surface area contributed by atoms with Crippen LogP contribution in [0.4, 0.5) is 18.0 Å². The van der Waals surface area contributed by atoms with E-state index in [0.717, 1.165) is 18.9 Å². The molecule has 0 radical (unpaired) electrons. The Hall–Kier alpha value is -3.08. The third-order valence-corrected chi connectivity index (χ3v) is 6.91. The van der Waals surface area contributed by atoms with Gasteiger partial charge < -0.3 is 20.3 Å². The second kappa shape index (κ2) is 10.1. The molecule has 3 aliphatic heterocycles. The topological polar surface area (TPSA) is 91.0 Å². The van der Waals surface area contributed by atoms with Gasteiger partial charge in [-0.2, -0.15) is 13.2 Å². The number of rotatable bonds is 7. The second-order valence-electron chi connectivity index (χ2n) is 9.57. The molecule has 1 aromatic carbocycles. The summed E-state index contributed by atoms with van der Waals surface area (Å²) in [4.78, 5) is 42.6. The van der Waals surface area contributed by atoms with Gasteiger partial charge in [0.1, 0.15) is 6.04 Å². The molecule has 0 saturated carbocycles. The van der Waals surface area contributed by atoms with Crippen molar-refractivity contribution in [3.05, 3.63) is 46.7 Å². The van der Waals surface area contributed by atoms with E-state index in [2.05, 4.69) is 10.6 Å². The van der Waals surface area contributed by atoms with Crippen LogP contribution in [0, 0.1) is 5.92 Å². The Morgan fingerprint density at radius 1 is 1.25 bits per heavy atom. The molecule has 0 spiro atoms. The number of carbonyl (C=O) groups excluding carboxylic acids is 3. The number of ether oxygens (including phenoxy) is 1. The van der Waals surface area contributed by atoms with Crippen molar-refractivity contribution in [1.29, 1.82) is 0 Å². The van der Waals surface area contributed by atoms with Gasteiger partial charge in [-0.1, -0.05) is 32.0 Å². The summed E-state index contributed by atoms with van der Waals surface area (Å²) < 4.78 is 47.0. The van der Waals surface area contributed by atoms with Crippen LogP contribution in [-0.2, 0) is 20.5 Å². The molecule has 11 heteroatoms. The highest BCUT2D eigenvalue weighted by Gasteiger charge is 2.49. The molecule has 0 bridgehead atoms. The van der Waals surface area contributed by atoms with Crippen LogP contribution in [0.5, 0.6) is 0 Å². The number of amides is 4. The van der Waals surface area contributed by atoms with Crippen molar-refractivity contribution < 1.29 is 32.3 Å². The summed E-state index contributed by atoms with van der Waals surface area (Å²) in [7, 11) is 0. The van der Waals surface area contributed by atoms with Crippen molar-refractivity contribution in [1.82, 2.24) is 20.4 Å². The highest BCUT2D eigenvalue weighted by atomic mass is 19.4. The summed E-state index contributed by atoms with van der Waals surface area (Å²) in [5.41, 5.74) is -0.745. The maximum atomic E-state index is 13.8. The Bertz CT molecular complexity index is 1070. The van der Waals surface area contributed by atoms with Crippen molar-refractivity contribution >= 4 is 17.8 Å². The molecular formula is C25H31F3N4O4. The Kier molecular flexibility index (Phi) is 7.31. The lowest BCUT2D eigenvalue weighted by molar-refractivity contribution is -0.139. The number of benzene rings is 1. The first-order valence-corrected chi connectivity index (χ1v) is 12.2. The lowest BCUT2D eigenvalue weighted by Gasteiger charge is -2.33. The van der Waals surface area contributed by atoms with Gasteiger partial charge in [-0.25, -0.2) is 4.79 Å². The lowest BCUT2D eigenvalue weighted by atomic mass is 9.91. The van der Waals surface area contributed by atoms with Gasteiger partial charge in [0.2, 0.25) is 5.91 Å². The summed E-state index contributed by atoms with van der Waals surface area (Å²) in [6.45, 7) is 6.46. The Balaban J connectivity index is 1.68. The molecule has 3 atom stereocenters. The molecule has 0 aromatic heterocycles. The van der Waals surface area contributed by atoms with Gasteiger partial charge in [-0.05, 0) is 37.3 Å². The Morgan fingerprint density at radius 3 is 2.58 bits per heavy atom. The van der Waals surface area contributed by atoms with Gasteiger partial charge in [0.15, 0.2) is 0 Å². The van der Waals surface area contributed by atoms with Crippen LogP contribution >= 0.6 is 0 Å². The third-order valence-electron chi connectivity index (χ3n) is 6.91. The summed E-state index contributed by atoms with van der Waals surface area (Å²) >= 11 is 0. The van der Waals surface area contributed by atoms with Crippen LogP contribution in [0.25, 0.3) is 0 Å². The van der Waals surface area contributed by atoms with Crippen LogP contribution in [0.3, 0.4) is 0 Å². The smallest absolute Gasteiger partial charge is 0.376 e. The zero-order valence-electron chi connectivity index (χ0n) is 20.5. The van der Waals surface area contributed by atoms with Crippen molar-refractivity contribution in [2.24, 2.45) is 5.92 Å². The standard InChI is InChI=1S/C25H31F3N4O4/c1-4-31-18-13-32(21(14(2)3)22(33)29-12-15-8-7-11-36-15)23(34)19(18)20(30-24(31)35)16-9-5-6-10-17(16)25(26,27)28/h5-6,9-10,14-15,20-21H,4,7-8,11-13H2,1-3H3,(H,29,33)(H,30,35)/t15-,20+,21-/m0/s1. The zero-order chi connectivity index (χ0) is 26.2. The minimum atomic E-state index is -4.67. The van der Waals surface area contributed by atoms with Gasteiger partial charge in [-0.3, -0.25) is 14.5 Å². The number of likely N-dealkylation sites (N-methyl/N-ethyl adjacent to an activating group) is 1. The zero-order valence-corrected chi connectivity index (χ0v) is 20.5. The average molecular weight is 509 g/mol. The molecule has 4 amide bonds. The second-order valence-corrected chi connectivity index (χ2v) is 9.57. The van der Waals surface area contributed by atoms with Gasteiger partial charge >= 0.3 is 12.2 Å². The number of nitrogens with one attached hydrogen (secondary N) is 2. The minimum absolute atomic E-state index is 0.0453. The maximum Gasteiger partial charge on any atom is 0.416 e. The summed E-state index contributed by atoms with van der Waals surface area (Å²) in [6, 6.07) is 2.17. The first-order chi connectivity index (χ1) is 17.0. The number of urea groups is 1. The first kappa shape index (κ1) is 26.0. The number of carbonyl (C=O) groups is 3. The number of nitrogens with zero attached hydrogens (tertiary/aromatic N) is 2. The molecule has 36 heavy (non-hydrogen) atoms. The number of halogens is 3. The average Bonchev–Trinajstić information content (AvgIpc) is 3.45. The largest absolute Gasteiger partial charge is 0.416 e. The van der Waals surface area contributed by atoms with E-state index in [1.165, 1.54) is 28.0 Å². The number of alkyl halides is 3. The van der Waals surface area contributed by atoms with Gasteiger partial charge in [0.25, 0.3) is 5.91 Å². The van der Waals surface area contributed by atoms with Crippen LogP contribution in [-0.4, -0.2) is 66.0 Å². The lowest BCUT2D eigenvalue weighted by Crippen LogP contribution is -2.52. The van der Waals surface area contributed by atoms with Crippen molar-refractivity contribution in [2.45, 2.75) is 58.0 Å². The molecular weight excluding hydrogens is 477 g/mol. The molecule has 4 rings (SSSR count). The van der Waals surface area contributed by atoms with Crippen LogP contribution in [0.2, 0.25) is 0 Å². The van der Waals surface area contributed by atoms with E-state index in [9.17, 15) is 27.6 Å². The quantitative estimate of drug-likeness (QED) is 0.592. The van der Waals surface area contributed by atoms with E-state index >= 15 is 0 Å². The predicted molar refractivity (Wildman–Crippen MR) is 124 cm³/mol. The Morgan fingerprint density at radius 2 is 1.97 bits per heavy atom. The highest BCUT2D eigenvalue weighted by molar-refractivity contribution is 6.03. The minimum Gasteiger partial charge on any atom is -0.376 e. The molecule has 0 unspecified atom stereocenters. The number of hydrogen-bond acceptors (Lipinski definition) is 4. The fourth-order valence-corrected chi connectivity index (χ4v) is 5.24.